The summed E-state index contributed by atoms with van der Waals surface area (Å²) in [4.78, 5) is 14.1. The number of amides is 1. The van der Waals surface area contributed by atoms with Crippen LogP contribution in [-0.4, -0.2) is 23.9 Å². The summed E-state index contributed by atoms with van der Waals surface area (Å²) >= 11 is 3.48. The fourth-order valence-corrected chi connectivity index (χ4v) is 2.98. The summed E-state index contributed by atoms with van der Waals surface area (Å²) < 4.78 is 1.11. The molecule has 3 rings (SSSR count). The van der Waals surface area contributed by atoms with Crippen LogP contribution in [0.2, 0.25) is 0 Å². The van der Waals surface area contributed by atoms with Gasteiger partial charge in [-0.3, -0.25) is 9.69 Å². The largest absolute Gasteiger partial charge is 0.355 e. The van der Waals surface area contributed by atoms with E-state index in [1.54, 1.807) is 7.05 Å². The predicted octanol–water partition coefficient (Wildman–Crippen LogP) is 3.97. The lowest BCUT2D eigenvalue weighted by molar-refractivity contribution is 0.0963. The number of carbonyl (C=O) groups excluding carboxylic acids is 1. The third-order valence-corrected chi connectivity index (χ3v) is 4.72. The molecular formula is C19H21BrN2O. The summed E-state index contributed by atoms with van der Waals surface area (Å²) in [5, 5.41) is 2.65. The maximum Gasteiger partial charge on any atom is 0.251 e. The van der Waals surface area contributed by atoms with Gasteiger partial charge in [-0.25, -0.2) is 0 Å². The fourth-order valence-electron chi connectivity index (χ4n) is 2.72. The monoisotopic (exact) mass is 372 g/mol. The molecule has 0 atom stereocenters. The highest BCUT2D eigenvalue weighted by molar-refractivity contribution is 9.10. The molecule has 0 radical (unpaired) electrons. The average Bonchev–Trinajstić information content (AvgIpc) is 3.41. The van der Waals surface area contributed by atoms with Crippen molar-refractivity contribution in [3.63, 3.8) is 0 Å². The van der Waals surface area contributed by atoms with E-state index < -0.39 is 0 Å². The highest BCUT2D eigenvalue weighted by Gasteiger charge is 2.28. The van der Waals surface area contributed by atoms with E-state index in [-0.39, 0.29) is 5.91 Å². The van der Waals surface area contributed by atoms with E-state index in [4.69, 9.17) is 0 Å². The number of nitrogens with one attached hydrogen (secondary N) is 1. The Balaban J connectivity index is 1.67. The molecule has 1 fully saturated rings. The molecule has 3 nitrogen and oxygen atoms in total. The molecule has 2 aromatic carbocycles. The van der Waals surface area contributed by atoms with Gasteiger partial charge in [0, 0.05) is 36.2 Å². The topological polar surface area (TPSA) is 32.3 Å². The van der Waals surface area contributed by atoms with Gasteiger partial charge in [0.15, 0.2) is 0 Å². The van der Waals surface area contributed by atoms with Crippen molar-refractivity contribution in [2.24, 2.45) is 0 Å². The van der Waals surface area contributed by atoms with Gasteiger partial charge in [-0.2, -0.15) is 0 Å². The third kappa shape index (κ3) is 4.43. The first-order chi connectivity index (χ1) is 11.2. The number of hydrogen-bond acceptors (Lipinski definition) is 2. The lowest BCUT2D eigenvalue weighted by Crippen LogP contribution is -2.25. The van der Waals surface area contributed by atoms with E-state index in [9.17, 15) is 4.79 Å². The standard InChI is InChI=1S/C19H21BrN2O/c1-21-19(23)16-6-2-14(3-7-16)12-22(18-10-11-18)13-15-4-8-17(20)9-5-15/h2-9,18H,10-13H2,1H3,(H,21,23). The van der Waals surface area contributed by atoms with Gasteiger partial charge in [-0.15, -0.1) is 0 Å². The molecule has 0 saturated heterocycles. The lowest BCUT2D eigenvalue weighted by atomic mass is 10.1. The zero-order valence-corrected chi connectivity index (χ0v) is 14.8. The van der Waals surface area contributed by atoms with Gasteiger partial charge in [0.25, 0.3) is 5.91 Å². The second kappa shape index (κ2) is 7.28. The van der Waals surface area contributed by atoms with Crippen LogP contribution >= 0.6 is 15.9 Å². The average molecular weight is 373 g/mol. The summed E-state index contributed by atoms with van der Waals surface area (Å²) in [6, 6.07) is 17.2. The molecule has 1 aliphatic carbocycles. The molecule has 1 amide bonds. The van der Waals surface area contributed by atoms with Gasteiger partial charge in [0.05, 0.1) is 0 Å². The minimum absolute atomic E-state index is 0.0366. The maximum absolute atomic E-state index is 11.6. The van der Waals surface area contributed by atoms with Crippen LogP contribution in [0, 0.1) is 0 Å². The lowest BCUT2D eigenvalue weighted by Gasteiger charge is -2.22. The molecule has 0 unspecified atom stereocenters. The molecule has 0 bridgehead atoms. The van der Waals surface area contributed by atoms with Crippen molar-refractivity contribution in [2.75, 3.05) is 7.05 Å². The smallest absolute Gasteiger partial charge is 0.251 e. The minimum atomic E-state index is -0.0366. The highest BCUT2D eigenvalue weighted by Crippen LogP contribution is 2.30. The Labute approximate surface area is 145 Å². The number of nitrogens with zero attached hydrogens (tertiary/aromatic N) is 1. The maximum atomic E-state index is 11.6. The number of halogens is 1. The van der Waals surface area contributed by atoms with E-state index >= 15 is 0 Å². The van der Waals surface area contributed by atoms with Crippen molar-refractivity contribution >= 4 is 21.8 Å². The van der Waals surface area contributed by atoms with Crippen LogP contribution in [0.1, 0.15) is 34.3 Å². The van der Waals surface area contributed by atoms with Crippen molar-refractivity contribution < 1.29 is 4.79 Å². The van der Waals surface area contributed by atoms with Gasteiger partial charge in [-0.05, 0) is 48.2 Å². The summed E-state index contributed by atoms with van der Waals surface area (Å²) in [5.74, 6) is -0.0366. The van der Waals surface area contributed by atoms with E-state index in [0.717, 1.165) is 17.6 Å². The Bertz CT molecular complexity index is 663. The van der Waals surface area contributed by atoms with Crippen LogP contribution in [0.4, 0.5) is 0 Å². The second-order valence-electron chi connectivity index (χ2n) is 6.04. The first kappa shape index (κ1) is 16.2. The van der Waals surface area contributed by atoms with Crippen molar-refractivity contribution in [2.45, 2.75) is 32.0 Å². The Morgan fingerprint density at radius 3 is 2.04 bits per heavy atom. The quantitative estimate of drug-likeness (QED) is 0.831. The van der Waals surface area contributed by atoms with Crippen molar-refractivity contribution in [3.8, 4) is 0 Å². The molecule has 1 aliphatic rings. The molecule has 0 spiro atoms. The van der Waals surface area contributed by atoms with Crippen LogP contribution < -0.4 is 5.32 Å². The number of hydrogen-bond donors (Lipinski definition) is 1. The van der Waals surface area contributed by atoms with E-state index in [0.29, 0.717) is 11.6 Å². The third-order valence-electron chi connectivity index (χ3n) is 4.19. The Morgan fingerprint density at radius 2 is 1.57 bits per heavy atom. The van der Waals surface area contributed by atoms with Crippen LogP contribution in [0.5, 0.6) is 0 Å². The zero-order chi connectivity index (χ0) is 16.2. The van der Waals surface area contributed by atoms with E-state index in [2.05, 4.69) is 62.5 Å². The molecule has 0 heterocycles. The second-order valence-corrected chi connectivity index (χ2v) is 6.95. The van der Waals surface area contributed by atoms with Crippen molar-refractivity contribution in [1.82, 2.24) is 10.2 Å². The SMILES string of the molecule is CNC(=O)c1ccc(CN(Cc2ccc(Br)cc2)C2CC2)cc1. The van der Waals surface area contributed by atoms with Crippen LogP contribution in [0.15, 0.2) is 53.0 Å². The van der Waals surface area contributed by atoms with Crippen LogP contribution in [-0.2, 0) is 13.1 Å². The Morgan fingerprint density at radius 1 is 1.04 bits per heavy atom. The summed E-state index contributed by atoms with van der Waals surface area (Å²) in [6.45, 7) is 1.89. The molecule has 0 aliphatic heterocycles. The van der Waals surface area contributed by atoms with Gasteiger partial charge in [0.1, 0.15) is 0 Å². The normalized spacial score (nSPS) is 14.0. The number of rotatable bonds is 6. The molecular weight excluding hydrogens is 352 g/mol. The van der Waals surface area contributed by atoms with Gasteiger partial charge >= 0.3 is 0 Å². The van der Waals surface area contributed by atoms with Crippen LogP contribution in [0.25, 0.3) is 0 Å². The number of benzene rings is 2. The van der Waals surface area contributed by atoms with Gasteiger partial charge in [0.2, 0.25) is 0 Å². The molecule has 0 aromatic heterocycles. The highest BCUT2D eigenvalue weighted by atomic mass is 79.9. The van der Waals surface area contributed by atoms with Crippen molar-refractivity contribution in [1.29, 1.82) is 0 Å². The molecule has 23 heavy (non-hydrogen) atoms. The zero-order valence-electron chi connectivity index (χ0n) is 13.3. The minimum Gasteiger partial charge on any atom is -0.355 e. The molecule has 4 heteroatoms. The molecule has 1 N–H and O–H groups in total. The first-order valence-corrected chi connectivity index (χ1v) is 8.74. The van der Waals surface area contributed by atoms with Gasteiger partial charge in [-0.1, -0.05) is 40.2 Å². The summed E-state index contributed by atoms with van der Waals surface area (Å²) in [5.41, 5.74) is 3.30. The molecule has 1 saturated carbocycles. The molecule has 2 aromatic rings. The van der Waals surface area contributed by atoms with E-state index in [1.807, 2.05) is 12.1 Å². The Kier molecular flexibility index (Phi) is 5.13. The predicted molar refractivity (Wildman–Crippen MR) is 96.2 cm³/mol. The first-order valence-electron chi connectivity index (χ1n) is 7.95. The molecule has 120 valence electrons. The Hall–Kier alpha value is -1.65. The van der Waals surface area contributed by atoms with E-state index in [1.165, 1.54) is 24.0 Å². The number of carbonyl (C=O) groups is 1. The van der Waals surface area contributed by atoms with Crippen molar-refractivity contribution in [3.05, 3.63) is 69.7 Å². The fraction of sp³-hybridized carbons (Fsp3) is 0.316. The van der Waals surface area contributed by atoms with Crippen LogP contribution in [0.3, 0.4) is 0 Å². The van der Waals surface area contributed by atoms with Gasteiger partial charge < -0.3 is 5.32 Å². The summed E-state index contributed by atoms with van der Waals surface area (Å²) in [6.07, 6.45) is 2.57. The summed E-state index contributed by atoms with van der Waals surface area (Å²) in [7, 11) is 1.66.